The average Bonchev–Trinajstić information content (AvgIpc) is 2.57. The van der Waals surface area contributed by atoms with Crippen molar-refractivity contribution in [2.24, 2.45) is 5.92 Å². The maximum Gasteiger partial charge on any atom is 0.422 e. The highest BCUT2D eigenvalue weighted by Gasteiger charge is 2.53. The molecule has 1 saturated carbocycles. The highest BCUT2D eigenvalue weighted by Crippen LogP contribution is 2.55. The lowest BCUT2D eigenvalue weighted by Gasteiger charge is -2.58. The SMILES string of the molecule is [2H]C([2H])(Oc1ccc2c(c1)[C@]13CCCC[C@@H]1[C@H](C2)N(C)CC3)C(F)(F)F. The summed E-state index contributed by atoms with van der Waals surface area (Å²) in [4.78, 5) is 2.43. The molecular weight excluding hydrogens is 315 g/mol. The van der Waals surface area contributed by atoms with E-state index in [2.05, 4.69) is 11.9 Å². The second-order valence-electron chi connectivity index (χ2n) is 7.53. The first kappa shape index (κ1) is 14.0. The summed E-state index contributed by atoms with van der Waals surface area (Å²) >= 11 is 0. The van der Waals surface area contributed by atoms with E-state index in [1.807, 2.05) is 6.07 Å². The summed E-state index contributed by atoms with van der Waals surface area (Å²) < 4.78 is 57.8. The number of ether oxygens (including phenoxy) is 1. The molecule has 1 aromatic rings. The van der Waals surface area contributed by atoms with Crippen LogP contribution in [-0.4, -0.2) is 37.3 Å². The van der Waals surface area contributed by atoms with Crippen LogP contribution in [0.3, 0.4) is 0 Å². The average molecular weight is 341 g/mol. The molecule has 1 aromatic carbocycles. The van der Waals surface area contributed by atoms with E-state index in [0.717, 1.165) is 44.2 Å². The molecule has 4 rings (SSSR count). The van der Waals surface area contributed by atoms with Gasteiger partial charge >= 0.3 is 6.18 Å². The molecule has 3 aliphatic rings. The second kappa shape index (κ2) is 5.65. The molecule has 0 spiro atoms. The van der Waals surface area contributed by atoms with Crippen molar-refractivity contribution in [3.8, 4) is 5.75 Å². The van der Waals surface area contributed by atoms with Crippen LogP contribution in [0.2, 0.25) is 0 Å². The molecule has 2 bridgehead atoms. The highest BCUT2D eigenvalue weighted by atomic mass is 19.4. The molecule has 1 saturated heterocycles. The van der Waals surface area contributed by atoms with E-state index in [-0.39, 0.29) is 11.2 Å². The Bertz CT molecular complexity index is 709. The van der Waals surface area contributed by atoms with Crippen molar-refractivity contribution in [1.29, 1.82) is 0 Å². The van der Waals surface area contributed by atoms with Gasteiger partial charge in [0.1, 0.15) is 5.75 Å². The first-order chi connectivity index (χ1) is 12.1. The zero-order chi connectivity index (χ0) is 18.7. The Balaban J connectivity index is 1.74. The van der Waals surface area contributed by atoms with Crippen LogP contribution in [0.5, 0.6) is 5.75 Å². The lowest BCUT2D eigenvalue weighted by Crippen LogP contribution is -2.59. The Morgan fingerprint density at radius 1 is 1.33 bits per heavy atom. The summed E-state index contributed by atoms with van der Waals surface area (Å²) in [6, 6.07) is 5.51. The lowest BCUT2D eigenvalue weighted by atomic mass is 9.52. The second-order valence-corrected chi connectivity index (χ2v) is 7.53. The van der Waals surface area contributed by atoms with Gasteiger partial charge in [-0.3, -0.25) is 0 Å². The minimum atomic E-state index is -5.06. The molecule has 2 fully saturated rings. The van der Waals surface area contributed by atoms with Crippen molar-refractivity contribution in [1.82, 2.24) is 4.90 Å². The number of nitrogens with zero attached hydrogens (tertiary/aromatic N) is 1. The van der Waals surface area contributed by atoms with Crippen LogP contribution >= 0.6 is 0 Å². The molecule has 5 heteroatoms. The van der Waals surface area contributed by atoms with Gasteiger partial charge in [-0.05, 0) is 68.5 Å². The third-order valence-electron chi connectivity index (χ3n) is 6.37. The maximum absolute atomic E-state index is 12.9. The molecule has 1 aliphatic heterocycles. The van der Waals surface area contributed by atoms with E-state index in [1.54, 1.807) is 6.07 Å². The van der Waals surface area contributed by atoms with Gasteiger partial charge in [0, 0.05) is 11.5 Å². The highest BCUT2D eigenvalue weighted by molar-refractivity contribution is 5.45. The van der Waals surface area contributed by atoms with Crippen molar-refractivity contribution >= 4 is 0 Å². The fourth-order valence-corrected chi connectivity index (χ4v) is 5.36. The van der Waals surface area contributed by atoms with E-state index >= 15 is 0 Å². The number of likely N-dealkylation sites (N-methyl/N-ethyl adjacent to an activating group) is 1. The maximum atomic E-state index is 12.9. The predicted molar refractivity (Wildman–Crippen MR) is 86.4 cm³/mol. The number of alkyl halides is 3. The molecule has 0 unspecified atom stereocenters. The van der Waals surface area contributed by atoms with E-state index < -0.39 is 12.7 Å². The molecule has 1 heterocycles. The first-order valence-electron chi connectivity index (χ1n) is 9.73. The summed E-state index contributed by atoms with van der Waals surface area (Å²) in [5, 5.41) is 0. The molecule has 2 aliphatic carbocycles. The molecule has 24 heavy (non-hydrogen) atoms. The molecule has 0 amide bonds. The molecule has 3 atom stereocenters. The van der Waals surface area contributed by atoms with Gasteiger partial charge in [-0.15, -0.1) is 0 Å². The Labute approximate surface area is 143 Å². The third-order valence-corrected chi connectivity index (χ3v) is 6.37. The summed E-state index contributed by atoms with van der Waals surface area (Å²) in [5.74, 6) is 0.499. The molecule has 0 N–H and O–H groups in total. The zero-order valence-electron chi connectivity index (χ0n) is 15.8. The van der Waals surface area contributed by atoms with Gasteiger partial charge in [-0.25, -0.2) is 0 Å². The van der Waals surface area contributed by atoms with Gasteiger partial charge in [0.05, 0.1) is 2.74 Å². The normalized spacial score (nSPS) is 34.7. The van der Waals surface area contributed by atoms with Gasteiger partial charge in [0.2, 0.25) is 0 Å². The fourth-order valence-electron chi connectivity index (χ4n) is 5.36. The minimum Gasteiger partial charge on any atom is -0.484 e. The van der Waals surface area contributed by atoms with E-state index in [0.29, 0.717) is 12.0 Å². The number of hydrogen-bond donors (Lipinski definition) is 0. The van der Waals surface area contributed by atoms with E-state index in [4.69, 9.17) is 7.48 Å². The molecule has 132 valence electrons. The van der Waals surface area contributed by atoms with Gasteiger partial charge in [0.25, 0.3) is 0 Å². The summed E-state index contributed by atoms with van der Waals surface area (Å²) in [5.41, 5.74) is 2.29. The Hall–Kier alpha value is -1.23. The van der Waals surface area contributed by atoms with Crippen LogP contribution in [0, 0.1) is 5.92 Å². The van der Waals surface area contributed by atoms with Gasteiger partial charge in [-0.1, -0.05) is 18.9 Å². The van der Waals surface area contributed by atoms with Crippen molar-refractivity contribution in [3.05, 3.63) is 29.3 Å². The fraction of sp³-hybridized carbons (Fsp3) is 0.684. The quantitative estimate of drug-likeness (QED) is 0.794. The van der Waals surface area contributed by atoms with Gasteiger partial charge in [0.15, 0.2) is 6.56 Å². The number of likely N-dealkylation sites (tertiary alicyclic amines) is 1. The minimum absolute atomic E-state index is 0.00727. The van der Waals surface area contributed by atoms with Crippen molar-refractivity contribution < 1.29 is 20.6 Å². The molecule has 2 nitrogen and oxygen atoms in total. The van der Waals surface area contributed by atoms with Crippen LogP contribution in [-0.2, 0) is 11.8 Å². The van der Waals surface area contributed by atoms with E-state index in [1.165, 1.54) is 18.1 Å². The Morgan fingerprint density at radius 2 is 2.17 bits per heavy atom. The first-order valence-corrected chi connectivity index (χ1v) is 8.73. The zero-order valence-corrected chi connectivity index (χ0v) is 13.8. The topological polar surface area (TPSA) is 12.5 Å². The Morgan fingerprint density at radius 3 is 2.96 bits per heavy atom. The number of piperidine rings is 1. The number of halogens is 3. The number of hydrogen-bond acceptors (Lipinski definition) is 2. The predicted octanol–water partition coefficient (Wildman–Crippen LogP) is 4.32. The van der Waals surface area contributed by atoms with Crippen LogP contribution in [0.4, 0.5) is 13.2 Å². The van der Waals surface area contributed by atoms with Crippen molar-refractivity contribution in [2.75, 3.05) is 20.2 Å². The summed E-state index contributed by atoms with van der Waals surface area (Å²) in [6.45, 7) is -2.69. The Kier molecular flexibility index (Phi) is 3.29. The summed E-state index contributed by atoms with van der Waals surface area (Å²) in [6.07, 6.45) is 1.42. The van der Waals surface area contributed by atoms with Crippen LogP contribution in [0.15, 0.2) is 18.2 Å². The monoisotopic (exact) mass is 341 g/mol. The van der Waals surface area contributed by atoms with Gasteiger partial charge in [-0.2, -0.15) is 13.2 Å². The third kappa shape index (κ3) is 2.61. The lowest BCUT2D eigenvalue weighted by molar-refractivity contribution is -0.153. The largest absolute Gasteiger partial charge is 0.484 e. The number of fused-ring (bicyclic) bond motifs is 1. The number of rotatable bonds is 2. The van der Waals surface area contributed by atoms with Crippen molar-refractivity contribution in [3.63, 3.8) is 0 Å². The van der Waals surface area contributed by atoms with Crippen LogP contribution in [0.25, 0.3) is 0 Å². The van der Waals surface area contributed by atoms with Crippen LogP contribution in [0.1, 0.15) is 46.0 Å². The molecule has 0 aromatic heterocycles. The number of benzene rings is 1. The summed E-state index contributed by atoms with van der Waals surface area (Å²) in [7, 11) is 2.17. The molecular formula is C19H24F3NO. The smallest absolute Gasteiger partial charge is 0.422 e. The molecule has 0 radical (unpaired) electrons. The van der Waals surface area contributed by atoms with Gasteiger partial charge < -0.3 is 9.64 Å². The van der Waals surface area contributed by atoms with Crippen LogP contribution < -0.4 is 4.74 Å². The van der Waals surface area contributed by atoms with Crippen molar-refractivity contribution in [2.45, 2.75) is 56.2 Å². The van der Waals surface area contributed by atoms with E-state index in [9.17, 15) is 13.2 Å². The standard InChI is InChI=1S/C19H24F3NO/c1-23-9-8-18-7-3-2-4-15(18)17(23)10-13-5-6-14(11-16(13)18)24-12-19(20,21)22/h5-6,11,15,17H,2-4,7-10,12H2,1H3/t15-,17+,18+/m1/s1/i12D2.